The highest BCUT2D eigenvalue weighted by molar-refractivity contribution is 5.01. The number of hydrogen-bond acceptors (Lipinski definition) is 14. The fourth-order valence-corrected chi connectivity index (χ4v) is 4.12. The van der Waals surface area contributed by atoms with E-state index in [-0.39, 0.29) is 19.6 Å². The molecule has 0 amide bonds. The molecule has 0 aromatic rings. The third-order valence-electron chi connectivity index (χ3n) is 6.08. The van der Waals surface area contributed by atoms with Crippen molar-refractivity contribution in [3.05, 3.63) is 0 Å². The molecule has 7 unspecified atom stereocenters. The Morgan fingerprint density at radius 2 is 1.32 bits per heavy atom. The Labute approximate surface area is 178 Å². The number of aliphatic hydroxyl groups excluding tert-OH is 6. The Bertz CT molecular complexity index is 591. The molecule has 3 fully saturated rings. The minimum Gasteiger partial charge on any atom is -0.388 e. The average molecular weight is 454 g/mol. The lowest BCUT2D eigenvalue weighted by Gasteiger charge is -2.47. The zero-order valence-corrected chi connectivity index (χ0v) is 16.8. The summed E-state index contributed by atoms with van der Waals surface area (Å²) in [4.78, 5) is 0. The van der Waals surface area contributed by atoms with Crippen LogP contribution in [0.1, 0.15) is 6.42 Å². The molecule has 2 aliphatic heterocycles. The first kappa shape index (κ1) is 25.1. The standard InChI is InChI=1S/C17H34N4O10/c18-2-7-10(24)11(25)8(21)16(29-7)30-14-4(19)1-5(20)15(13(14)27)31-17-12(26)9(23)6(22)3-28-17/h4-17,22-27H,1-3,18-21H2/t4?,5?,6?,7?,8?,9-,10-,11-,12-,13+,14?,15-,16-,17?/m1/s1. The summed E-state index contributed by atoms with van der Waals surface area (Å²) in [6.45, 7) is -0.391. The number of ether oxygens (including phenoxy) is 4. The first-order valence-corrected chi connectivity index (χ1v) is 10.2. The molecule has 0 radical (unpaired) electrons. The molecule has 0 spiro atoms. The third kappa shape index (κ3) is 5.02. The first-order chi connectivity index (χ1) is 14.6. The fourth-order valence-electron chi connectivity index (χ4n) is 4.12. The molecular formula is C17H34N4O10. The molecule has 14 atom stereocenters. The molecule has 0 aromatic heterocycles. The number of rotatable bonds is 5. The van der Waals surface area contributed by atoms with Crippen molar-refractivity contribution in [2.45, 2.75) is 92.1 Å². The van der Waals surface area contributed by atoms with E-state index in [1.807, 2.05) is 0 Å². The molecule has 2 saturated heterocycles. The van der Waals surface area contributed by atoms with Gasteiger partial charge in [-0.1, -0.05) is 0 Å². The first-order valence-electron chi connectivity index (χ1n) is 10.2. The van der Waals surface area contributed by atoms with Crippen LogP contribution in [0, 0.1) is 0 Å². The van der Waals surface area contributed by atoms with Gasteiger partial charge in [-0.3, -0.25) is 0 Å². The van der Waals surface area contributed by atoms with E-state index in [1.54, 1.807) is 0 Å². The van der Waals surface area contributed by atoms with E-state index in [0.29, 0.717) is 0 Å². The summed E-state index contributed by atoms with van der Waals surface area (Å²) in [6, 6.07) is -2.67. The summed E-state index contributed by atoms with van der Waals surface area (Å²) in [7, 11) is 0. The van der Waals surface area contributed by atoms with Gasteiger partial charge in [0, 0.05) is 18.6 Å². The normalized spacial score (nSPS) is 54.0. The predicted octanol–water partition coefficient (Wildman–Crippen LogP) is -6.65. The smallest absolute Gasteiger partial charge is 0.186 e. The molecule has 3 rings (SSSR count). The van der Waals surface area contributed by atoms with E-state index < -0.39 is 85.6 Å². The molecule has 182 valence electrons. The molecule has 31 heavy (non-hydrogen) atoms. The summed E-state index contributed by atoms with van der Waals surface area (Å²) in [5.41, 5.74) is 23.6. The van der Waals surface area contributed by atoms with Crippen molar-refractivity contribution < 1.29 is 49.6 Å². The molecule has 14 heteroatoms. The molecular weight excluding hydrogens is 420 g/mol. The van der Waals surface area contributed by atoms with Crippen LogP contribution in [0.5, 0.6) is 0 Å². The third-order valence-corrected chi connectivity index (χ3v) is 6.08. The predicted molar refractivity (Wildman–Crippen MR) is 102 cm³/mol. The molecule has 1 saturated carbocycles. The highest BCUT2D eigenvalue weighted by atomic mass is 16.7. The van der Waals surface area contributed by atoms with Crippen molar-refractivity contribution in [3.8, 4) is 0 Å². The summed E-state index contributed by atoms with van der Waals surface area (Å²) in [5, 5.41) is 60.5. The summed E-state index contributed by atoms with van der Waals surface area (Å²) in [6.07, 6.45) is -14.1. The van der Waals surface area contributed by atoms with Crippen molar-refractivity contribution in [2.75, 3.05) is 13.2 Å². The van der Waals surface area contributed by atoms with Crippen LogP contribution in [-0.2, 0) is 18.9 Å². The summed E-state index contributed by atoms with van der Waals surface area (Å²) >= 11 is 0. The van der Waals surface area contributed by atoms with Crippen LogP contribution in [0.4, 0.5) is 0 Å². The topological polar surface area (TPSA) is 262 Å². The second-order valence-electron chi connectivity index (χ2n) is 8.34. The van der Waals surface area contributed by atoms with Gasteiger partial charge in [-0.2, -0.15) is 0 Å². The van der Waals surface area contributed by atoms with E-state index in [4.69, 9.17) is 41.9 Å². The number of aliphatic hydroxyl groups is 6. The van der Waals surface area contributed by atoms with Crippen LogP contribution in [0.25, 0.3) is 0 Å². The molecule has 1 aliphatic carbocycles. The van der Waals surface area contributed by atoms with Crippen molar-refractivity contribution in [1.82, 2.24) is 0 Å². The maximum atomic E-state index is 10.9. The lowest BCUT2D eigenvalue weighted by atomic mass is 9.84. The van der Waals surface area contributed by atoms with Crippen LogP contribution in [-0.4, -0.2) is 129 Å². The van der Waals surface area contributed by atoms with Crippen LogP contribution < -0.4 is 22.9 Å². The lowest BCUT2D eigenvalue weighted by Crippen LogP contribution is -2.68. The largest absolute Gasteiger partial charge is 0.388 e. The van der Waals surface area contributed by atoms with E-state index in [1.165, 1.54) is 0 Å². The van der Waals surface area contributed by atoms with Crippen LogP contribution in [0.3, 0.4) is 0 Å². The van der Waals surface area contributed by atoms with Crippen molar-refractivity contribution in [2.24, 2.45) is 22.9 Å². The van der Waals surface area contributed by atoms with Crippen molar-refractivity contribution >= 4 is 0 Å². The maximum Gasteiger partial charge on any atom is 0.186 e. The maximum absolute atomic E-state index is 10.9. The number of hydrogen-bond donors (Lipinski definition) is 10. The van der Waals surface area contributed by atoms with Crippen LogP contribution >= 0.6 is 0 Å². The van der Waals surface area contributed by atoms with Gasteiger partial charge in [0.05, 0.1) is 12.6 Å². The average Bonchev–Trinajstić information content (AvgIpc) is 2.73. The molecule has 0 aromatic carbocycles. The van der Waals surface area contributed by atoms with Crippen molar-refractivity contribution in [1.29, 1.82) is 0 Å². The van der Waals surface area contributed by atoms with Gasteiger partial charge in [0.2, 0.25) is 0 Å². The Morgan fingerprint density at radius 1 is 0.742 bits per heavy atom. The zero-order chi connectivity index (χ0) is 23.0. The van der Waals surface area contributed by atoms with E-state index >= 15 is 0 Å². The fraction of sp³-hybridized carbons (Fsp3) is 1.00. The summed E-state index contributed by atoms with van der Waals surface area (Å²) < 4.78 is 22.2. The van der Waals surface area contributed by atoms with Gasteiger partial charge < -0.3 is 72.5 Å². The highest BCUT2D eigenvalue weighted by Gasteiger charge is 2.50. The lowest BCUT2D eigenvalue weighted by molar-refractivity contribution is -0.315. The second kappa shape index (κ2) is 10.1. The Hall–Kier alpha value is -0.560. The van der Waals surface area contributed by atoms with E-state index in [9.17, 15) is 30.6 Å². The van der Waals surface area contributed by atoms with E-state index in [0.717, 1.165) is 0 Å². The van der Waals surface area contributed by atoms with Crippen molar-refractivity contribution in [3.63, 3.8) is 0 Å². The van der Waals surface area contributed by atoms with Gasteiger partial charge in [0.25, 0.3) is 0 Å². The van der Waals surface area contributed by atoms with Gasteiger partial charge in [-0.15, -0.1) is 0 Å². The molecule has 0 bridgehead atoms. The molecule has 3 aliphatic rings. The SMILES string of the molecule is NCC1O[C@H](OC2C(N)CC(N)[C@@H](OC3OCC(O)[C@@H](O)[C@H]3O)[C@H]2O)C(N)[C@@H](O)[C@@H]1O. The van der Waals surface area contributed by atoms with Gasteiger partial charge in [-0.05, 0) is 6.42 Å². The molecule has 14 N–H and O–H groups in total. The molecule has 14 nitrogen and oxygen atoms in total. The second-order valence-corrected chi connectivity index (χ2v) is 8.34. The quantitative estimate of drug-likeness (QED) is 0.185. The Kier molecular flexibility index (Phi) is 8.21. The zero-order valence-electron chi connectivity index (χ0n) is 16.8. The minimum absolute atomic E-state index is 0.105. The number of nitrogens with two attached hydrogens (primary N) is 4. The van der Waals surface area contributed by atoms with Crippen LogP contribution in [0.2, 0.25) is 0 Å². The minimum atomic E-state index is -1.57. The van der Waals surface area contributed by atoms with Gasteiger partial charge in [0.1, 0.15) is 54.9 Å². The monoisotopic (exact) mass is 454 g/mol. The Morgan fingerprint density at radius 3 is 1.90 bits per heavy atom. The molecule has 2 heterocycles. The highest BCUT2D eigenvalue weighted by Crippen LogP contribution is 2.30. The van der Waals surface area contributed by atoms with Gasteiger partial charge in [0.15, 0.2) is 12.6 Å². The van der Waals surface area contributed by atoms with Crippen LogP contribution in [0.15, 0.2) is 0 Å². The van der Waals surface area contributed by atoms with E-state index in [2.05, 4.69) is 0 Å². The summed E-state index contributed by atoms with van der Waals surface area (Å²) in [5.74, 6) is 0. The Balaban J connectivity index is 1.70. The van der Waals surface area contributed by atoms with Gasteiger partial charge >= 0.3 is 0 Å². The van der Waals surface area contributed by atoms with Gasteiger partial charge in [-0.25, -0.2) is 0 Å².